The van der Waals surface area contributed by atoms with Crippen molar-refractivity contribution in [3.05, 3.63) is 34.7 Å². The van der Waals surface area contributed by atoms with Gasteiger partial charge in [-0.15, -0.1) is 11.3 Å². The maximum atomic E-state index is 12.3. The third-order valence-corrected chi connectivity index (χ3v) is 5.13. The lowest BCUT2D eigenvalue weighted by Crippen LogP contribution is -2.21. The molecular weight excluding hydrogens is 370 g/mol. The second-order valence-corrected chi connectivity index (χ2v) is 7.20. The second-order valence-electron chi connectivity index (χ2n) is 6.12. The van der Waals surface area contributed by atoms with Crippen molar-refractivity contribution in [2.24, 2.45) is 0 Å². The Balaban J connectivity index is 1.65. The molecule has 27 heavy (non-hydrogen) atoms. The highest BCUT2D eigenvalue weighted by atomic mass is 32.1. The van der Waals surface area contributed by atoms with Crippen molar-refractivity contribution in [1.82, 2.24) is 0 Å². The molecule has 1 N–H and O–H groups in total. The van der Waals surface area contributed by atoms with Crippen LogP contribution in [0.4, 0.5) is 5.00 Å². The summed E-state index contributed by atoms with van der Waals surface area (Å²) in [6.07, 6.45) is 0. The predicted octanol–water partition coefficient (Wildman–Crippen LogP) is 3.79. The van der Waals surface area contributed by atoms with Crippen molar-refractivity contribution in [3.63, 3.8) is 0 Å². The first-order chi connectivity index (χ1) is 13.0. The fraction of sp³-hybridized carbons (Fsp3) is 0.368. The molecule has 0 aliphatic carbocycles. The van der Waals surface area contributed by atoms with Gasteiger partial charge in [-0.25, -0.2) is 4.79 Å². The van der Waals surface area contributed by atoms with Crippen LogP contribution < -0.4 is 19.5 Å². The van der Waals surface area contributed by atoms with Crippen LogP contribution in [0.1, 0.15) is 41.9 Å². The first kappa shape index (κ1) is 19.0. The smallest absolute Gasteiger partial charge is 0.341 e. The first-order valence-electron chi connectivity index (χ1n) is 8.61. The lowest BCUT2D eigenvalue weighted by atomic mass is 10.1. The molecule has 144 valence electrons. The highest BCUT2D eigenvalue weighted by molar-refractivity contribution is 7.16. The fourth-order valence-corrected chi connectivity index (χ4v) is 3.49. The van der Waals surface area contributed by atoms with Crippen LogP contribution in [-0.2, 0) is 9.53 Å². The standard InChI is InChI=1S/C19H21NO6S/c1-4-23-19(22)13-8-16(11(2)3)27-18(13)20-17(21)9-24-12-5-6-14-15(7-12)26-10-25-14/h5-8,11H,4,9-10H2,1-3H3,(H,20,21). The van der Waals surface area contributed by atoms with Gasteiger partial charge in [-0.3, -0.25) is 4.79 Å². The minimum Gasteiger partial charge on any atom is -0.484 e. The van der Waals surface area contributed by atoms with E-state index in [4.69, 9.17) is 18.9 Å². The number of benzene rings is 1. The highest BCUT2D eigenvalue weighted by Crippen LogP contribution is 2.35. The molecule has 3 rings (SSSR count). The molecule has 0 unspecified atom stereocenters. The Bertz CT molecular complexity index is 845. The summed E-state index contributed by atoms with van der Waals surface area (Å²) in [7, 11) is 0. The van der Waals surface area contributed by atoms with E-state index in [9.17, 15) is 9.59 Å². The van der Waals surface area contributed by atoms with Crippen molar-refractivity contribution >= 4 is 28.2 Å². The number of hydrogen-bond donors (Lipinski definition) is 1. The van der Waals surface area contributed by atoms with Crippen LogP contribution in [-0.4, -0.2) is 31.9 Å². The lowest BCUT2D eigenvalue weighted by molar-refractivity contribution is -0.118. The van der Waals surface area contributed by atoms with Gasteiger partial charge in [0.25, 0.3) is 5.91 Å². The van der Waals surface area contributed by atoms with Gasteiger partial charge in [0.15, 0.2) is 18.1 Å². The highest BCUT2D eigenvalue weighted by Gasteiger charge is 2.20. The van der Waals surface area contributed by atoms with Crippen molar-refractivity contribution in [2.75, 3.05) is 25.3 Å². The first-order valence-corrected chi connectivity index (χ1v) is 9.42. The van der Waals surface area contributed by atoms with Gasteiger partial charge < -0.3 is 24.3 Å². The number of hydrogen-bond acceptors (Lipinski definition) is 7. The van der Waals surface area contributed by atoms with E-state index in [0.717, 1.165) is 4.88 Å². The molecule has 1 amide bonds. The number of thiophene rings is 1. The Labute approximate surface area is 161 Å². The number of carbonyl (C=O) groups excluding carboxylic acids is 2. The number of anilines is 1. The van der Waals surface area contributed by atoms with E-state index in [1.54, 1.807) is 31.2 Å². The second kappa shape index (κ2) is 8.30. The van der Waals surface area contributed by atoms with E-state index >= 15 is 0 Å². The van der Waals surface area contributed by atoms with E-state index in [-0.39, 0.29) is 31.8 Å². The summed E-state index contributed by atoms with van der Waals surface area (Å²) in [6.45, 7) is 6.03. The van der Waals surface area contributed by atoms with Crippen LogP contribution in [0.3, 0.4) is 0 Å². The van der Waals surface area contributed by atoms with Gasteiger partial charge in [0, 0.05) is 10.9 Å². The molecule has 0 fully saturated rings. The molecule has 0 spiro atoms. The number of fused-ring (bicyclic) bond motifs is 1. The number of rotatable bonds is 7. The number of nitrogens with one attached hydrogen (secondary N) is 1. The van der Waals surface area contributed by atoms with Gasteiger partial charge in [0.2, 0.25) is 6.79 Å². The molecule has 1 aromatic carbocycles. The van der Waals surface area contributed by atoms with E-state index in [0.29, 0.717) is 27.8 Å². The summed E-state index contributed by atoms with van der Waals surface area (Å²) in [5, 5.41) is 3.21. The summed E-state index contributed by atoms with van der Waals surface area (Å²) in [5.74, 6) is 1.14. The van der Waals surface area contributed by atoms with Crippen molar-refractivity contribution in [1.29, 1.82) is 0 Å². The molecule has 0 atom stereocenters. The average molecular weight is 391 g/mol. The SMILES string of the molecule is CCOC(=O)c1cc(C(C)C)sc1NC(=O)COc1ccc2c(c1)OCO2. The Morgan fingerprint density at radius 3 is 2.74 bits per heavy atom. The Kier molecular flexibility index (Phi) is 5.85. The number of ether oxygens (including phenoxy) is 4. The Morgan fingerprint density at radius 2 is 2.00 bits per heavy atom. The normalized spacial score (nSPS) is 12.1. The minimum atomic E-state index is -0.451. The van der Waals surface area contributed by atoms with Crippen LogP contribution >= 0.6 is 11.3 Å². The van der Waals surface area contributed by atoms with Crippen molar-refractivity contribution in [2.45, 2.75) is 26.7 Å². The zero-order chi connectivity index (χ0) is 19.4. The molecule has 0 bridgehead atoms. The number of esters is 1. The molecule has 0 saturated carbocycles. The van der Waals surface area contributed by atoms with Crippen LogP contribution in [0.5, 0.6) is 17.2 Å². The minimum absolute atomic E-state index is 0.173. The molecule has 8 heteroatoms. The Morgan fingerprint density at radius 1 is 1.22 bits per heavy atom. The lowest BCUT2D eigenvalue weighted by Gasteiger charge is -2.08. The van der Waals surface area contributed by atoms with Gasteiger partial charge >= 0.3 is 5.97 Å². The van der Waals surface area contributed by atoms with E-state index < -0.39 is 5.97 Å². The van der Waals surface area contributed by atoms with Crippen molar-refractivity contribution in [3.8, 4) is 17.2 Å². The molecule has 1 aliphatic heterocycles. The van der Waals surface area contributed by atoms with E-state index in [1.165, 1.54) is 11.3 Å². The third kappa shape index (κ3) is 4.51. The molecule has 2 aromatic rings. The largest absolute Gasteiger partial charge is 0.484 e. The third-order valence-electron chi connectivity index (χ3n) is 3.78. The van der Waals surface area contributed by atoms with Gasteiger partial charge in [-0.05, 0) is 31.0 Å². The molecule has 1 aromatic heterocycles. The molecule has 0 radical (unpaired) electrons. The Hall–Kier alpha value is -2.74. The van der Waals surface area contributed by atoms with Gasteiger partial charge in [-0.2, -0.15) is 0 Å². The zero-order valence-electron chi connectivity index (χ0n) is 15.4. The van der Waals surface area contributed by atoms with E-state index in [2.05, 4.69) is 5.32 Å². The van der Waals surface area contributed by atoms with E-state index in [1.807, 2.05) is 13.8 Å². The molecule has 0 saturated heterocycles. The summed E-state index contributed by atoms with van der Waals surface area (Å²) < 4.78 is 21.1. The summed E-state index contributed by atoms with van der Waals surface area (Å²) >= 11 is 1.36. The number of amides is 1. The maximum Gasteiger partial charge on any atom is 0.341 e. The molecule has 1 aliphatic rings. The van der Waals surface area contributed by atoms with Gasteiger partial charge in [-0.1, -0.05) is 13.8 Å². The summed E-state index contributed by atoms with van der Waals surface area (Å²) in [6, 6.07) is 6.86. The van der Waals surface area contributed by atoms with Crippen LogP contribution in [0.25, 0.3) is 0 Å². The summed E-state index contributed by atoms with van der Waals surface area (Å²) in [5.41, 5.74) is 0.363. The average Bonchev–Trinajstić information content (AvgIpc) is 3.26. The van der Waals surface area contributed by atoms with Gasteiger partial charge in [0.05, 0.1) is 12.2 Å². The predicted molar refractivity (Wildman–Crippen MR) is 101 cm³/mol. The number of carbonyl (C=O) groups is 2. The van der Waals surface area contributed by atoms with Crippen LogP contribution in [0.2, 0.25) is 0 Å². The molecular formula is C19H21NO6S. The summed E-state index contributed by atoms with van der Waals surface area (Å²) in [4.78, 5) is 25.4. The van der Waals surface area contributed by atoms with Crippen LogP contribution in [0, 0.1) is 0 Å². The topological polar surface area (TPSA) is 83.1 Å². The fourth-order valence-electron chi connectivity index (χ4n) is 2.43. The maximum absolute atomic E-state index is 12.3. The quantitative estimate of drug-likeness (QED) is 0.723. The molecule has 2 heterocycles. The zero-order valence-corrected chi connectivity index (χ0v) is 16.2. The molecule has 7 nitrogen and oxygen atoms in total. The monoisotopic (exact) mass is 391 g/mol. The van der Waals surface area contributed by atoms with Gasteiger partial charge in [0.1, 0.15) is 10.8 Å². The van der Waals surface area contributed by atoms with Crippen LogP contribution in [0.15, 0.2) is 24.3 Å². The van der Waals surface area contributed by atoms with Crippen molar-refractivity contribution < 1.29 is 28.5 Å².